The summed E-state index contributed by atoms with van der Waals surface area (Å²) in [4.78, 5) is 6.78. The third-order valence-corrected chi connectivity index (χ3v) is 3.18. The van der Waals surface area contributed by atoms with Crippen LogP contribution in [0.25, 0.3) is 0 Å². The predicted octanol–water partition coefficient (Wildman–Crippen LogP) is 1.88. The van der Waals surface area contributed by atoms with Gasteiger partial charge in [-0.05, 0) is 19.8 Å². The Balaban J connectivity index is 1.93. The van der Waals surface area contributed by atoms with Crippen molar-refractivity contribution in [2.45, 2.75) is 52.8 Å². The van der Waals surface area contributed by atoms with Crippen LogP contribution >= 0.6 is 0 Å². The van der Waals surface area contributed by atoms with Gasteiger partial charge in [-0.1, -0.05) is 19.0 Å². The van der Waals surface area contributed by atoms with Crippen LogP contribution in [0.5, 0.6) is 0 Å². The van der Waals surface area contributed by atoms with Crippen LogP contribution in [0.1, 0.15) is 39.4 Å². The molecule has 1 aromatic rings. The van der Waals surface area contributed by atoms with Crippen molar-refractivity contribution in [3.63, 3.8) is 0 Å². The van der Waals surface area contributed by atoms with Crippen LogP contribution in [-0.2, 0) is 17.7 Å². The Kier molecular flexibility index (Phi) is 4.35. The van der Waals surface area contributed by atoms with Crippen molar-refractivity contribution in [3.05, 3.63) is 11.7 Å². The molecule has 1 aliphatic heterocycles. The third-order valence-electron chi connectivity index (χ3n) is 3.18. The Labute approximate surface area is 108 Å². The van der Waals surface area contributed by atoms with Crippen LogP contribution in [0.3, 0.4) is 0 Å². The van der Waals surface area contributed by atoms with Gasteiger partial charge >= 0.3 is 0 Å². The quantitative estimate of drug-likeness (QED) is 0.820. The van der Waals surface area contributed by atoms with Gasteiger partial charge in [-0.25, -0.2) is 0 Å². The molecule has 1 aliphatic rings. The lowest BCUT2D eigenvalue weighted by molar-refractivity contribution is -0.0555. The minimum atomic E-state index is 0.277. The largest absolute Gasteiger partial charge is 0.376 e. The fraction of sp³-hybridized carbons (Fsp3) is 0.846. The normalized spacial score (nSPS) is 25.8. The molecule has 2 atom stereocenters. The molecule has 0 radical (unpaired) electrons. The zero-order chi connectivity index (χ0) is 13.1. The molecule has 5 heteroatoms. The van der Waals surface area contributed by atoms with Gasteiger partial charge in [-0.15, -0.1) is 0 Å². The van der Waals surface area contributed by atoms with E-state index in [2.05, 4.69) is 42.7 Å². The van der Waals surface area contributed by atoms with Crippen molar-refractivity contribution in [2.24, 2.45) is 5.92 Å². The zero-order valence-corrected chi connectivity index (χ0v) is 11.7. The topological polar surface area (TPSA) is 51.4 Å². The molecule has 2 heterocycles. The van der Waals surface area contributed by atoms with E-state index in [0.717, 1.165) is 31.9 Å². The van der Waals surface area contributed by atoms with Gasteiger partial charge in [0.15, 0.2) is 5.82 Å². The Morgan fingerprint density at radius 2 is 2.17 bits per heavy atom. The Bertz CT molecular complexity index is 378. The van der Waals surface area contributed by atoms with Crippen molar-refractivity contribution in [3.8, 4) is 0 Å². The van der Waals surface area contributed by atoms with Gasteiger partial charge in [-0.3, -0.25) is 4.90 Å². The van der Waals surface area contributed by atoms with Crippen LogP contribution < -0.4 is 0 Å². The maximum Gasteiger partial charge on any atom is 0.240 e. The molecule has 0 aromatic carbocycles. The minimum Gasteiger partial charge on any atom is -0.376 e. The molecule has 1 fully saturated rings. The van der Waals surface area contributed by atoms with Crippen LogP contribution in [-0.4, -0.2) is 40.3 Å². The van der Waals surface area contributed by atoms with Crippen molar-refractivity contribution in [1.82, 2.24) is 15.0 Å². The molecule has 1 aromatic heterocycles. The zero-order valence-electron chi connectivity index (χ0n) is 11.7. The highest BCUT2D eigenvalue weighted by Crippen LogP contribution is 2.15. The molecule has 0 saturated carbocycles. The number of hydrogen-bond donors (Lipinski definition) is 0. The maximum absolute atomic E-state index is 5.61. The van der Waals surface area contributed by atoms with E-state index in [0.29, 0.717) is 17.9 Å². The van der Waals surface area contributed by atoms with Crippen molar-refractivity contribution in [2.75, 3.05) is 13.2 Å². The molecule has 2 rings (SSSR count). The first kappa shape index (κ1) is 13.5. The second-order valence-electron chi connectivity index (χ2n) is 5.62. The number of aromatic nitrogens is 2. The second-order valence-corrected chi connectivity index (χ2v) is 5.62. The molecule has 0 aliphatic carbocycles. The van der Waals surface area contributed by atoms with Crippen LogP contribution in [0.2, 0.25) is 0 Å². The fourth-order valence-corrected chi connectivity index (χ4v) is 2.17. The molecule has 5 nitrogen and oxygen atoms in total. The van der Waals surface area contributed by atoms with E-state index in [1.807, 2.05) is 0 Å². The average molecular weight is 253 g/mol. The molecule has 0 unspecified atom stereocenters. The lowest BCUT2D eigenvalue weighted by Gasteiger charge is -2.35. The molecule has 0 bridgehead atoms. The number of morpholine rings is 1. The Morgan fingerprint density at radius 3 is 2.89 bits per heavy atom. The molecule has 102 valence electrons. The molecule has 0 amide bonds. The highest BCUT2D eigenvalue weighted by molar-refractivity contribution is 4.89. The van der Waals surface area contributed by atoms with Gasteiger partial charge < -0.3 is 9.26 Å². The first-order valence-electron chi connectivity index (χ1n) is 6.71. The average Bonchev–Trinajstić information content (AvgIpc) is 2.70. The van der Waals surface area contributed by atoms with Gasteiger partial charge in [0.1, 0.15) is 0 Å². The standard InChI is InChI=1S/C13H23N3O2/c1-9(2)5-12-14-13(18-15-12)7-16-6-11(4)17-8-10(16)3/h9-11H,5-8H2,1-4H3/t10-,11+/m0/s1. The first-order chi connectivity index (χ1) is 8.54. The van der Waals surface area contributed by atoms with E-state index in [4.69, 9.17) is 9.26 Å². The summed E-state index contributed by atoms with van der Waals surface area (Å²) in [7, 11) is 0. The Morgan fingerprint density at radius 1 is 1.39 bits per heavy atom. The predicted molar refractivity (Wildman–Crippen MR) is 68.1 cm³/mol. The summed E-state index contributed by atoms with van der Waals surface area (Å²) in [5.74, 6) is 2.08. The molecule has 18 heavy (non-hydrogen) atoms. The molecule has 0 N–H and O–H groups in total. The summed E-state index contributed by atoms with van der Waals surface area (Å²) in [5, 5.41) is 4.02. The van der Waals surface area contributed by atoms with Gasteiger partial charge in [-0.2, -0.15) is 4.98 Å². The maximum atomic E-state index is 5.61. The van der Waals surface area contributed by atoms with E-state index in [1.54, 1.807) is 0 Å². The monoisotopic (exact) mass is 253 g/mol. The van der Waals surface area contributed by atoms with Crippen molar-refractivity contribution < 1.29 is 9.26 Å². The molecule has 1 saturated heterocycles. The lowest BCUT2D eigenvalue weighted by atomic mass is 10.1. The summed E-state index contributed by atoms with van der Waals surface area (Å²) in [6, 6.07) is 0.404. The van der Waals surface area contributed by atoms with E-state index < -0.39 is 0 Å². The summed E-state index contributed by atoms with van der Waals surface area (Å²) in [6.07, 6.45) is 1.15. The highest BCUT2D eigenvalue weighted by Gasteiger charge is 2.25. The smallest absolute Gasteiger partial charge is 0.240 e. The van der Waals surface area contributed by atoms with Gasteiger partial charge in [0.25, 0.3) is 0 Å². The van der Waals surface area contributed by atoms with Crippen molar-refractivity contribution >= 4 is 0 Å². The van der Waals surface area contributed by atoms with Crippen molar-refractivity contribution in [1.29, 1.82) is 0 Å². The van der Waals surface area contributed by atoms with E-state index in [1.165, 1.54) is 0 Å². The Hall–Kier alpha value is -0.940. The second kappa shape index (κ2) is 5.80. The summed E-state index contributed by atoms with van der Waals surface area (Å²) >= 11 is 0. The van der Waals surface area contributed by atoms with E-state index >= 15 is 0 Å². The molecular formula is C13H23N3O2. The summed E-state index contributed by atoms with van der Waals surface area (Å²) in [5.41, 5.74) is 0. The van der Waals surface area contributed by atoms with E-state index in [-0.39, 0.29) is 6.10 Å². The van der Waals surface area contributed by atoms with E-state index in [9.17, 15) is 0 Å². The van der Waals surface area contributed by atoms with Crippen LogP contribution in [0.4, 0.5) is 0 Å². The molecular weight excluding hydrogens is 230 g/mol. The summed E-state index contributed by atoms with van der Waals surface area (Å²) < 4.78 is 10.9. The lowest BCUT2D eigenvalue weighted by Crippen LogP contribution is -2.46. The van der Waals surface area contributed by atoms with Gasteiger partial charge in [0.05, 0.1) is 19.3 Å². The fourth-order valence-electron chi connectivity index (χ4n) is 2.17. The first-order valence-corrected chi connectivity index (χ1v) is 6.71. The third kappa shape index (κ3) is 3.53. The molecule has 0 spiro atoms. The van der Waals surface area contributed by atoms with Gasteiger partial charge in [0, 0.05) is 19.0 Å². The van der Waals surface area contributed by atoms with Gasteiger partial charge in [0.2, 0.25) is 5.89 Å². The van der Waals surface area contributed by atoms with Crippen LogP contribution in [0.15, 0.2) is 4.52 Å². The number of ether oxygens (including phenoxy) is 1. The summed E-state index contributed by atoms with van der Waals surface area (Å²) in [6.45, 7) is 11.0. The highest BCUT2D eigenvalue weighted by atomic mass is 16.5. The number of rotatable bonds is 4. The van der Waals surface area contributed by atoms with Crippen LogP contribution in [0, 0.1) is 5.92 Å². The minimum absolute atomic E-state index is 0.277. The number of hydrogen-bond acceptors (Lipinski definition) is 5. The SMILES string of the molecule is CC(C)Cc1noc(CN2C[C@@H](C)OC[C@@H]2C)n1. The number of nitrogens with zero attached hydrogens (tertiary/aromatic N) is 3.